The average Bonchev–Trinajstić information content (AvgIpc) is 3.37. The molecule has 1 atom stereocenters. The largest absolute Gasteiger partial charge is 0.497 e. The molecule has 8 nitrogen and oxygen atoms in total. The van der Waals surface area contributed by atoms with Gasteiger partial charge >= 0.3 is 0 Å². The number of halogens is 1. The number of carbonyl (C=O) groups is 1. The zero-order valence-electron chi connectivity index (χ0n) is 21.3. The first-order chi connectivity index (χ1) is 18.6. The Hall–Kier alpha value is -3.47. The zero-order valence-corrected chi connectivity index (χ0v) is 23.5. The fraction of sp³-hybridized carbons (Fsp3) is 0.310. The van der Waals surface area contributed by atoms with Crippen LogP contribution in [0.15, 0.2) is 59.6 Å². The van der Waals surface area contributed by atoms with Crippen molar-refractivity contribution in [1.29, 1.82) is 0 Å². The van der Waals surface area contributed by atoms with E-state index in [0.29, 0.717) is 48.1 Å². The minimum atomic E-state index is -0.00823. The minimum absolute atomic E-state index is 0.00823. The lowest BCUT2D eigenvalue weighted by atomic mass is 10.1. The summed E-state index contributed by atoms with van der Waals surface area (Å²) in [5.41, 5.74) is 1.16. The number of hydrogen-bond acceptors (Lipinski definition) is 7. The Morgan fingerprint density at radius 2 is 1.66 bits per heavy atom. The standard InChI is InChI=1S/C29H29IN2O6/c1-34-20-6-8-21(9-7-20)38-26-15-22(10-11-24(26)30)36-13-4-14-37-28-17-25-23(16-27(28)35-2)29(33)32-12-3-5-19(32)18-31-25/h6-11,15-19H,3-5,12-14H2,1-2H3/t19-/m0/s1. The van der Waals surface area contributed by atoms with Crippen LogP contribution in [0.3, 0.4) is 0 Å². The second-order valence-electron chi connectivity index (χ2n) is 8.93. The predicted octanol–water partition coefficient (Wildman–Crippen LogP) is 6.27. The summed E-state index contributed by atoms with van der Waals surface area (Å²) in [6, 6.07) is 16.8. The maximum Gasteiger partial charge on any atom is 0.256 e. The summed E-state index contributed by atoms with van der Waals surface area (Å²) in [4.78, 5) is 19.5. The molecule has 2 aliphatic heterocycles. The number of carbonyl (C=O) groups excluding carboxylic acids is 1. The fourth-order valence-corrected chi connectivity index (χ4v) is 4.92. The lowest BCUT2D eigenvalue weighted by Gasteiger charge is -2.20. The van der Waals surface area contributed by atoms with Crippen LogP contribution in [0.2, 0.25) is 0 Å². The van der Waals surface area contributed by atoms with Crippen LogP contribution in [0, 0.1) is 3.57 Å². The third-order valence-corrected chi connectivity index (χ3v) is 7.35. The highest BCUT2D eigenvalue weighted by Gasteiger charge is 2.32. The monoisotopic (exact) mass is 628 g/mol. The van der Waals surface area contributed by atoms with Crippen molar-refractivity contribution in [3.8, 4) is 34.5 Å². The molecule has 38 heavy (non-hydrogen) atoms. The predicted molar refractivity (Wildman–Crippen MR) is 153 cm³/mol. The van der Waals surface area contributed by atoms with Gasteiger partial charge in [-0.3, -0.25) is 9.79 Å². The Morgan fingerprint density at radius 1 is 0.895 bits per heavy atom. The van der Waals surface area contributed by atoms with Crippen molar-refractivity contribution >= 4 is 40.4 Å². The molecule has 0 N–H and O–H groups in total. The van der Waals surface area contributed by atoms with Gasteiger partial charge in [0.2, 0.25) is 0 Å². The van der Waals surface area contributed by atoms with Gasteiger partial charge in [0.25, 0.3) is 5.91 Å². The number of hydrogen-bond donors (Lipinski definition) is 0. The quantitative estimate of drug-likeness (QED) is 0.195. The van der Waals surface area contributed by atoms with E-state index in [-0.39, 0.29) is 11.9 Å². The van der Waals surface area contributed by atoms with Crippen LogP contribution in [-0.2, 0) is 0 Å². The number of nitrogens with zero attached hydrogens (tertiary/aromatic N) is 2. The van der Waals surface area contributed by atoms with E-state index < -0.39 is 0 Å². The Morgan fingerprint density at radius 3 is 2.45 bits per heavy atom. The van der Waals surface area contributed by atoms with E-state index in [2.05, 4.69) is 27.6 Å². The Labute approximate surface area is 235 Å². The summed E-state index contributed by atoms with van der Waals surface area (Å²) >= 11 is 2.24. The maximum atomic E-state index is 13.0. The maximum absolute atomic E-state index is 13.0. The average molecular weight is 628 g/mol. The SMILES string of the molecule is COc1ccc(Oc2cc(OCCCOc3cc4c(cc3OC)C(=O)N3CCC[C@H]3C=N4)ccc2I)cc1. The van der Waals surface area contributed by atoms with Gasteiger partial charge in [-0.2, -0.15) is 0 Å². The topological polar surface area (TPSA) is 78.8 Å². The number of methoxy groups -OCH3 is 2. The van der Waals surface area contributed by atoms with Crippen molar-refractivity contribution in [2.45, 2.75) is 25.3 Å². The first-order valence-electron chi connectivity index (χ1n) is 12.5. The number of fused-ring (bicyclic) bond motifs is 2. The van der Waals surface area contributed by atoms with Gasteiger partial charge in [0.15, 0.2) is 11.5 Å². The van der Waals surface area contributed by atoms with Gasteiger partial charge in [-0.05, 0) is 77.9 Å². The van der Waals surface area contributed by atoms with Crippen molar-refractivity contribution in [3.05, 3.63) is 63.7 Å². The first-order valence-corrected chi connectivity index (χ1v) is 13.6. The third-order valence-electron chi connectivity index (χ3n) is 6.46. The molecule has 5 rings (SSSR count). The van der Waals surface area contributed by atoms with Gasteiger partial charge in [-0.25, -0.2) is 0 Å². The molecule has 2 aliphatic rings. The summed E-state index contributed by atoms with van der Waals surface area (Å²) < 4.78 is 29.7. The lowest BCUT2D eigenvalue weighted by molar-refractivity contribution is 0.0774. The Kier molecular flexibility index (Phi) is 8.21. The van der Waals surface area contributed by atoms with Crippen LogP contribution < -0.4 is 23.7 Å². The van der Waals surface area contributed by atoms with Crippen LogP contribution in [0.5, 0.6) is 34.5 Å². The molecule has 0 aliphatic carbocycles. The molecule has 0 bridgehead atoms. The molecule has 1 fully saturated rings. The van der Waals surface area contributed by atoms with Crippen molar-refractivity contribution < 1.29 is 28.5 Å². The molecule has 1 saturated heterocycles. The van der Waals surface area contributed by atoms with E-state index >= 15 is 0 Å². The Balaban J connectivity index is 1.17. The molecular weight excluding hydrogens is 599 g/mol. The number of rotatable bonds is 10. The van der Waals surface area contributed by atoms with Crippen LogP contribution in [0.25, 0.3) is 0 Å². The van der Waals surface area contributed by atoms with Crippen LogP contribution >= 0.6 is 22.6 Å². The van der Waals surface area contributed by atoms with Crippen molar-refractivity contribution in [1.82, 2.24) is 4.90 Å². The van der Waals surface area contributed by atoms with Gasteiger partial charge in [0.1, 0.15) is 23.0 Å². The van der Waals surface area contributed by atoms with Gasteiger partial charge in [0, 0.05) is 31.3 Å². The van der Waals surface area contributed by atoms with Gasteiger partial charge in [-0.1, -0.05) is 0 Å². The molecule has 198 valence electrons. The Bertz CT molecular complexity index is 1330. The summed E-state index contributed by atoms with van der Waals surface area (Å²) in [5.74, 6) is 3.99. The highest BCUT2D eigenvalue weighted by molar-refractivity contribution is 14.1. The highest BCUT2D eigenvalue weighted by atomic mass is 127. The van der Waals surface area contributed by atoms with Gasteiger partial charge in [0.05, 0.1) is 48.3 Å². The number of aliphatic imine (C=N–C) groups is 1. The molecule has 0 unspecified atom stereocenters. The van der Waals surface area contributed by atoms with E-state index in [0.717, 1.165) is 40.2 Å². The normalized spacial score (nSPS) is 15.9. The van der Waals surface area contributed by atoms with E-state index in [1.807, 2.05) is 53.6 Å². The second kappa shape index (κ2) is 11.9. The zero-order chi connectivity index (χ0) is 26.5. The lowest BCUT2D eigenvalue weighted by Crippen LogP contribution is -2.35. The molecule has 3 aromatic carbocycles. The first kappa shape index (κ1) is 26.1. The summed E-state index contributed by atoms with van der Waals surface area (Å²) in [6.07, 6.45) is 4.46. The molecule has 0 spiro atoms. The van der Waals surface area contributed by atoms with Gasteiger partial charge < -0.3 is 28.6 Å². The van der Waals surface area contributed by atoms with E-state index in [9.17, 15) is 4.79 Å². The number of amides is 1. The van der Waals surface area contributed by atoms with Gasteiger partial charge in [-0.15, -0.1) is 0 Å². The van der Waals surface area contributed by atoms with Crippen molar-refractivity contribution in [2.24, 2.45) is 4.99 Å². The number of ether oxygens (including phenoxy) is 5. The summed E-state index contributed by atoms with van der Waals surface area (Å²) in [7, 11) is 3.21. The van der Waals surface area contributed by atoms with Crippen molar-refractivity contribution in [3.63, 3.8) is 0 Å². The second-order valence-corrected chi connectivity index (χ2v) is 10.1. The highest BCUT2D eigenvalue weighted by Crippen LogP contribution is 2.38. The van der Waals surface area contributed by atoms with Crippen LogP contribution in [0.4, 0.5) is 5.69 Å². The molecule has 0 radical (unpaired) electrons. The molecule has 9 heteroatoms. The molecule has 0 aromatic heterocycles. The van der Waals surface area contributed by atoms with Crippen LogP contribution in [0.1, 0.15) is 29.6 Å². The minimum Gasteiger partial charge on any atom is -0.497 e. The summed E-state index contributed by atoms with van der Waals surface area (Å²) in [6.45, 7) is 1.63. The fourth-order valence-electron chi connectivity index (χ4n) is 4.47. The molecular formula is C29H29IN2O6. The third kappa shape index (κ3) is 5.82. The van der Waals surface area contributed by atoms with E-state index in [4.69, 9.17) is 23.7 Å². The number of benzene rings is 3. The van der Waals surface area contributed by atoms with E-state index in [1.165, 1.54) is 0 Å². The molecule has 2 heterocycles. The smallest absolute Gasteiger partial charge is 0.256 e. The van der Waals surface area contributed by atoms with Crippen molar-refractivity contribution in [2.75, 3.05) is 34.0 Å². The molecule has 0 saturated carbocycles. The van der Waals surface area contributed by atoms with Crippen LogP contribution in [-0.4, -0.2) is 57.0 Å². The molecule has 1 amide bonds. The van der Waals surface area contributed by atoms with E-state index in [1.54, 1.807) is 26.4 Å². The molecule has 3 aromatic rings. The summed E-state index contributed by atoms with van der Waals surface area (Å²) in [5, 5.41) is 0.